The third-order valence-electron chi connectivity index (χ3n) is 3.19. The number of benzene rings is 2. The highest BCUT2D eigenvalue weighted by molar-refractivity contribution is 5.94. The van der Waals surface area contributed by atoms with E-state index in [1.807, 2.05) is 12.1 Å². The molecule has 0 fully saturated rings. The van der Waals surface area contributed by atoms with Gasteiger partial charge in [-0.05, 0) is 11.5 Å². The predicted octanol–water partition coefficient (Wildman–Crippen LogP) is 4.15. The Balaban J connectivity index is 2.88. The monoisotopic (exact) mass is 244 g/mol. The van der Waals surface area contributed by atoms with E-state index >= 15 is 0 Å². The Hall–Kier alpha value is -1.70. The highest BCUT2D eigenvalue weighted by atomic mass is 16.5. The van der Waals surface area contributed by atoms with Crippen LogP contribution in [0.1, 0.15) is 26.3 Å². The fraction of sp³-hybridized carbons (Fsp3) is 0.375. The molecule has 0 aromatic heterocycles. The second-order valence-electron chi connectivity index (χ2n) is 5.46. The maximum absolute atomic E-state index is 5.63. The SMILES string of the molecule is COc1cc(C(C)(C)C)c(OC)c2ccccc12. The van der Waals surface area contributed by atoms with Crippen molar-refractivity contribution in [3.8, 4) is 11.5 Å². The molecule has 96 valence electrons. The molecule has 0 spiro atoms. The summed E-state index contributed by atoms with van der Waals surface area (Å²) in [6.45, 7) is 6.54. The van der Waals surface area contributed by atoms with Gasteiger partial charge in [0, 0.05) is 16.3 Å². The van der Waals surface area contributed by atoms with Crippen LogP contribution >= 0.6 is 0 Å². The minimum atomic E-state index is 0.0165. The van der Waals surface area contributed by atoms with Crippen molar-refractivity contribution in [2.75, 3.05) is 14.2 Å². The molecule has 0 saturated heterocycles. The van der Waals surface area contributed by atoms with Crippen molar-refractivity contribution in [3.63, 3.8) is 0 Å². The molecule has 2 rings (SSSR count). The molecule has 0 N–H and O–H groups in total. The van der Waals surface area contributed by atoms with E-state index in [2.05, 4.69) is 39.0 Å². The predicted molar refractivity (Wildman–Crippen MR) is 75.8 cm³/mol. The molecule has 0 saturated carbocycles. The molecule has 0 bridgehead atoms. The van der Waals surface area contributed by atoms with Gasteiger partial charge < -0.3 is 9.47 Å². The highest BCUT2D eigenvalue weighted by Gasteiger charge is 2.22. The van der Waals surface area contributed by atoms with Crippen LogP contribution in [0.25, 0.3) is 10.8 Å². The lowest BCUT2D eigenvalue weighted by atomic mass is 9.84. The van der Waals surface area contributed by atoms with Crippen molar-refractivity contribution in [2.24, 2.45) is 0 Å². The second-order valence-corrected chi connectivity index (χ2v) is 5.46. The molecule has 18 heavy (non-hydrogen) atoms. The first-order chi connectivity index (χ1) is 8.49. The Kier molecular flexibility index (Phi) is 3.20. The Morgan fingerprint density at radius 2 is 1.50 bits per heavy atom. The van der Waals surface area contributed by atoms with Crippen molar-refractivity contribution in [3.05, 3.63) is 35.9 Å². The molecular formula is C16H20O2. The van der Waals surface area contributed by atoms with Gasteiger partial charge in [0.05, 0.1) is 14.2 Å². The van der Waals surface area contributed by atoms with Gasteiger partial charge in [-0.15, -0.1) is 0 Å². The summed E-state index contributed by atoms with van der Waals surface area (Å²) < 4.78 is 11.1. The van der Waals surface area contributed by atoms with Crippen molar-refractivity contribution >= 4 is 10.8 Å². The molecule has 0 aliphatic carbocycles. The van der Waals surface area contributed by atoms with E-state index in [1.165, 1.54) is 5.56 Å². The van der Waals surface area contributed by atoms with Crippen molar-refractivity contribution in [1.82, 2.24) is 0 Å². The number of methoxy groups -OCH3 is 2. The number of rotatable bonds is 2. The molecule has 0 radical (unpaired) electrons. The molecule has 2 heteroatoms. The summed E-state index contributed by atoms with van der Waals surface area (Å²) in [4.78, 5) is 0. The molecule has 0 aliphatic heterocycles. The molecule has 0 aliphatic rings. The van der Waals surface area contributed by atoms with Gasteiger partial charge in [-0.3, -0.25) is 0 Å². The zero-order valence-electron chi connectivity index (χ0n) is 11.7. The Morgan fingerprint density at radius 1 is 0.889 bits per heavy atom. The first-order valence-electron chi connectivity index (χ1n) is 6.13. The van der Waals surface area contributed by atoms with Gasteiger partial charge in [-0.2, -0.15) is 0 Å². The van der Waals surface area contributed by atoms with Crippen LogP contribution in [0.15, 0.2) is 30.3 Å². The number of hydrogen-bond donors (Lipinski definition) is 0. The van der Waals surface area contributed by atoms with E-state index < -0.39 is 0 Å². The number of ether oxygens (including phenoxy) is 2. The average molecular weight is 244 g/mol. The second kappa shape index (κ2) is 4.52. The third-order valence-corrected chi connectivity index (χ3v) is 3.19. The van der Waals surface area contributed by atoms with E-state index in [9.17, 15) is 0 Å². The summed E-state index contributed by atoms with van der Waals surface area (Å²) in [7, 11) is 3.43. The summed E-state index contributed by atoms with van der Waals surface area (Å²) >= 11 is 0. The fourth-order valence-corrected chi connectivity index (χ4v) is 2.26. The van der Waals surface area contributed by atoms with Gasteiger partial charge >= 0.3 is 0 Å². The van der Waals surface area contributed by atoms with Crippen molar-refractivity contribution in [1.29, 1.82) is 0 Å². The largest absolute Gasteiger partial charge is 0.496 e. The van der Waals surface area contributed by atoms with Gasteiger partial charge in [0.2, 0.25) is 0 Å². The van der Waals surface area contributed by atoms with Gasteiger partial charge in [0.1, 0.15) is 11.5 Å². The minimum Gasteiger partial charge on any atom is -0.496 e. The van der Waals surface area contributed by atoms with E-state index in [0.717, 1.165) is 22.3 Å². The third kappa shape index (κ3) is 2.03. The lowest BCUT2D eigenvalue weighted by molar-refractivity contribution is 0.395. The maximum atomic E-state index is 5.63. The summed E-state index contributed by atoms with van der Waals surface area (Å²) in [5, 5.41) is 2.19. The van der Waals surface area contributed by atoms with Crippen LogP contribution in [0.2, 0.25) is 0 Å². The van der Waals surface area contributed by atoms with Crippen LogP contribution in [-0.2, 0) is 5.41 Å². The van der Waals surface area contributed by atoms with Crippen LogP contribution in [0.5, 0.6) is 11.5 Å². The molecule has 0 amide bonds. The summed E-state index contributed by atoms with van der Waals surface area (Å²) in [5.74, 6) is 1.84. The summed E-state index contributed by atoms with van der Waals surface area (Å²) in [6.07, 6.45) is 0. The molecule has 0 atom stereocenters. The Bertz CT molecular complexity index is 565. The average Bonchev–Trinajstić information content (AvgIpc) is 2.35. The standard InChI is InChI=1S/C16H20O2/c1-16(2,3)13-10-14(17-4)11-8-6-7-9-12(11)15(13)18-5/h6-10H,1-5H3. The smallest absolute Gasteiger partial charge is 0.130 e. The maximum Gasteiger partial charge on any atom is 0.130 e. The first-order valence-corrected chi connectivity index (χ1v) is 6.13. The lowest BCUT2D eigenvalue weighted by Gasteiger charge is -2.24. The van der Waals surface area contributed by atoms with Crippen LogP contribution in [0.4, 0.5) is 0 Å². The summed E-state index contributed by atoms with van der Waals surface area (Å²) in [5.41, 5.74) is 1.18. The zero-order valence-corrected chi connectivity index (χ0v) is 11.7. The van der Waals surface area contributed by atoms with Crippen LogP contribution in [0, 0.1) is 0 Å². The van der Waals surface area contributed by atoms with Crippen LogP contribution in [0.3, 0.4) is 0 Å². The zero-order chi connectivity index (χ0) is 13.3. The molecule has 2 aromatic carbocycles. The van der Waals surface area contributed by atoms with Gasteiger partial charge in [-0.25, -0.2) is 0 Å². The first kappa shape index (κ1) is 12.7. The van der Waals surface area contributed by atoms with E-state index in [4.69, 9.17) is 9.47 Å². The van der Waals surface area contributed by atoms with Crippen molar-refractivity contribution in [2.45, 2.75) is 26.2 Å². The van der Waals surface area contributed by atoms with Gasteiger partial charge in [0.25, 0.3) is 0 Å². The number of fused-ring (bicyclic) bond motifs is 1. The van der Waals surface area contributed by atoms with Crippen molar-refractivity contribution < 1.29 is 9.47 Å². The lowest BCUT2D eigenvalue weighted by Crippen LogP contribution is -2.13. The highest BCUT2D eigenvalue weighted by Crippen LogP contribution is 2.41. The minimum absolute atomic E-state index is 0.0165. The topological polar surface area (TPSA) is 18.5 Å². The molecule has 2 nitrogen and oxygen atoms in total. The van der Waals surface area contributed by atoms with Crippen LogP contribution in [-0.4, -0.2) is 14.2 Å². The van der Waals surface area contributed by atoms with Gasteiger partial charge in [-0.1, -0.05) is 45.0 Å². The quantitative estimate of drug-likeness (QED) is 0.790. The fourth-order valence-electron chi connectivity index (χ4n) is 2.26. The van der Waals surface area contributed by atoms with Gasteiger partial charge in [0.15, 0.2) is 0 Å². The summed E-state index contributed by atoms with van der Waals surface area (Å²) in [6, 6.07) is 10.3. The Morgan fingerprint density at radius 3 is 2.00 bits per heavy atom. The van der Waals surface area contributed by atoms with E-state index in [1.54, 1.807) is 14.2 Å². The normalized spacial score (nSPS) is 11.6. The Labute approximate surface area is 109 Å². The molecule has 0 heterocycles. The van der Waals surface area contributed by atoms with E-state index in [0.29, 0.717) is 0 Å². The number of hydrogen-bond acceptors (Lipinski definition) is 2. The molecule has 2 aromatic rings. The van der Waals surface area contributed by atoms with E-state index in [-0.39, 0.29) is 5.41 Å². The molecular weight excluding hydrogens is 224 g/mol. The molecule has 0 unspecified atom stereocenters. The van der Waals surface area contributed by atoms with Crippen LogP contribution < -0.4 is 9.47 Å².